The number of nitrogens with zero attached hydrogens (tertiary/aromatic N) is 3. The molecule has 0 unspecified atom stereocenters. The molecule has 0 amide bonds. The highest BCUT2D eigenvalue weighted by Gasteiger charge is 2.31. The van der Waals surface area contributed by atoms with Gasteiger partial charge in [0.2, 0.25) is 0 Å². The van der Waals surface area contributed by atoms with Crippen LogP contribution in [0.5, 0.6) is 0 Å². The van der Waals surface area contributed by atoms with Crippen molar-refractivity contribution in [3.05, 3.63) is 57.0 Å². The predicted molar refractivity (Wildman–Crippen MR) is 100 cm³/mol. The molecule has 0 spiro atoms. The van der Waals surface area contributed by atoms with Crippen LogP contribution in [0.3, 0.4) is 0 Å². The van der Waals surface area contributed by atoms with Gasteiger partial charge in [-0.1, -0.05) is 30.0 Å². The monoisotopic (exact) mass is 419 g/mol. The number of halogens is 1. The topological polar surface area (TPSA) is 47.8 Å². The van der Waals surface area contributed by atoms with Crippen molar-refractivity contribution in [3.8, 4) is 5.69 Å². The van der Waals surface area contributed by atoms with E-state index in [1.165, 1.54) is 23.1 Å². The van der Waals surface area contributed by atoms with Crippen molar-refractivity contribution in [3.63, 3.8) is 0 Å². The first-order valence-corrected chi connectivity index (χ1v) is 10.2. The summed E-state index contributed by atoms with van der Waals surface area (Å²) in [6, 6.07) is 13.9. The molecule has 7 heteroatoms. The minimum atomic E-state index is 0.117. The number of thioether (sulfide) groups is 1. The second-order valence-electron chi connectivity index (χ2n) is 5.60. The molecule has 2 heterocycles. The highest BCUT2D eigenvalue weighted by Crippen LogP contribution is 2.41. The van der Waals surface area contributed by atoms with Crippen molar-refractivity contribution in [1.29, 1.82) is 0 Å². The third kappa shape index (κ3) is 3.34. The smallest absolute Gasteiger partial charge is 0.196 e. The van der Waals surface area contributed by atoms with Gasteiger partial charge in [-0.2, -0.15) is 0 Å². The summed E-state index contributed by atoms with van der Waals surface area (Å²) in [6.45, 7) is 0. The highest BCUT2D eigenvalue weighted by molar-refractivity contribution is 9.11. The van der Waals surface area contributed by atoms with E-state index < -0.39 is 0 Å². The number of Topliss-reactive ketones (excluding diaryl/α,β-unsaturated/α-hetero) is 1. The lowest BCUT2D eigenvalue weighted by Crippen LogP contribution is -2.04. The number of rotatable bonds is 6. The number of carbonyl (C=O) groups excluding carboxylic acids is 1. The van der Waals surface area contributed by atoms with Crippen LogP contribution in [-0.4, -0.2) is 26.3 Å². The van der Waals surface area contributed by atoms with E-state index in [9.17, 15) is 4.79 Å². The van der Waals surface area contributed by atoms with Crippen molar-refractivity contribution >= 4 is 44.8 Å². The van der Waals surface area contributed by atoms with Gasteiger partial charge in [-0.3, -0.25) is 9.36 Å². The summed E-state index contributed by atoms with van der Waals surface area (Å²) in [5, 5.41) is 9.51. The normalized spacial score (nSPS) is 14.0. The summed E-state index contributed by atoms with van der Waals surface area (Å²) >= 11 is 6.31. The molecule has 0 bridgehead atoms. The van der Waals surface area contributed by atoms with Gasteiger partial charge in [0.25, 0.3) is 0 Å². The first-order valence-electron chi connectivity index (χ1n) is 7.64. The average Bonchev–Trinajstić information content (AvgIpc) is 3.21. The largest absolute Gasteiger partial charge is 0.292 e. The van der Waals surface area contributed by atoms with Crippen LogP contribution in [0, 0.1) is 0 Å². The number of hydrogen-bond acceptors (Lipinski definition) is 5. The molecule has 1 aliphatic rings. The Morgan fingerprint density at radius 1 is 1.21 bits per heavy atom. The average molecular weight is 420 g/mol. The van der Waals surface area contributed by atoms with Crippen molar-refractivity contribution in [1.82, 2.24) is 14.8 Å². The Balaban J connectivity index is 1.58. The third-order valence-electron chi connectivity index (χ3n) is 3.80. The molecule has 1 aromatic carbocycles. The Labute approximate surface area is 156 Å². The fourth-order valence-electron chi connectivity index (χ4n) is 2.47. The number of para-hydroxylation sites is 1. The van der Waals surface area contributed by atoms with Crippen LogP contribution < -0.4 is 0 Å². The molecule has 0 N–H and O–H groups in total. The van der Waals surface area contributed by atoms with Crippen LogP contribution in [0.1, 0.15) is 34.3 Å². The molecule has 4 rings (SSSR count). The zero-order chi connectivity index (χ0) is 16.5. The van der Waals surface area contributed by atoms with Crippen molar-refractivity contribution in [2.24, 2.45) is 0 Å². The second-order valence-corrected chi connectivity index (χ2v) is 9.01. The van der Waals surface area contributed by atoms with Gasteiger partial charge in [-0.25, -0.2) is 0 Å². The maximum Gasteiger partial charge on any atom is 0.196 e. The highest BCUT2D eigenvalue weighted by atomic mass is 79.9. The zero-order valence-corrected chi connectivity index (χ0v) is 15.9. The Kier molecular flexibility index (Phi) is 4.56. The molecule has 122 valence electrons. The van der Waals surface area contributed by atoms with Gasteiger partial charge < -0.3 is 0 Å². The van der Waals surface area contributed by atoms with E-state index in [1.54, 1.807) is 0 Å². The number of thiophene rings is 1. The van der Waals surface area contributed by atoms with Crippen LogP contribution in [0.15, 0.2) is 51.4 Å². The van der Waals surface area contributed by atoms with E-state index >= 15 is 0 Å². The molecular formula is C17H14BrN3OS2. The molecular weight excluding hydrogens is 406 g/mol. The van der Waals surface area contributed by atoms with E-state index in [1.807, 2.05) is 30.3 Å². The minimum Gasteiger partial charge on any atom is -0.292 e. The summed E-state index contributed by atoms with van der Waals surface area (Å²) in [5.41, 5.74) is 1.05. The fourth-order valence-corrected chi connectivity index (χ4v) is 4.72. The molecule has 1 fully saturated rings. The van der Waals surface area contributed by atoms with E-state index in [-0.39, 0.29) is 5.78 Å². The maximum absolute atomic E-state index is 12.3. The summed E-state index contributed by atoms with van der Waals surface area (Å²) in [5.74, 6) is 1.99. The number of benzene rings is 1. The van der Waals surface area contributed by atoms with Crippen LogP contribution >= 0.6 is 39.0 Å². The molecule has 0 atom stereocenters. The van der Waals surface area contributed by atoms with Crippen LogP contribution in [0.2, 0.25) is 0 Å². The number of hydrogen-bond donors (Lipinski definition) is 0. The molecule has 2 aromatic heterocycles. The number of aromatic nitrogens is 3. The lowest BCUT2D eigenvalue weighted by atomic mass is 10.3. The molecule has 1 aliphatic carbocycles. The Morgan fingerprint density at radius 3 is 2.67 bits per heavy atom. The van der Waals surface area contributed by atoms with Gasteiger partial charge in [0, 0.05) is 11.6 Å². The Hall–Kier alpha value is -1.44. The predicted octanol–water partition coefficient (Wildman–Crippen LogP) is 4.94. The summed E-state index contributed by atoms with van der Waals surface area (Å²) < 4.78 is 3.07. The molecule has 0 radical (unpaired) electrons. The van der Waals surface area contributed by atoms with Gasteiger partial charge in [-0.05, 0) is 53.0 Å². The third-order valence-corrected chi connectivity index (χ3v) is 6.39. The lowest BCUT2D eigenvalue weighted by Gasteiger charge is -2.09. The van der Waals surface area contributed by atoms with Crippen molar-refractivity contribution in [2.45, 2.75) is 23.9 Å². The van der Waals surface area contributed by atoms with E-state index in [2.05, 4.69) is 42.8 Å². The van der Waals surface area contributed by atoms with Gasteiger partial charge in [0.05, 0.1) is 14.4 Å². The van der Waals surface area contributed by atoms with Crippen LogP contribution in [-0.2, 0) is 0 Å². The lowest BCUT2D eigenvalue weighted by molar-refractivity contribution is 0.102. The van der Waals surface area contributed by atoms with E-state index in [4.69, 9.17) is 0 Å². The summed E-state index contributed by atoms with van der Waals surface area (Å²) in [6.07, 6.45) is 2.33. The molecule has 0 saturated heterocycles. The van der Waals surface area contributed by atoms with E-state index in [0.29, 0.717) is 11.7 Å². The number of carbonyl (C=O) groups is 1. The first kappa shape index (κ1) is 16.1. The fraction of sp³-hybridized carbons (Fsp3) is 0.235. The minimum absolute atomic E-state index is 0.117. The van der Waals surface area contributed by atoms with Gasteiger partial charge in [0.1, 0.15) is 5.82 Å². The first-order chi connectivity index (χ1) is 11.7. The Morgan fingerprint density at radius 2 is 2.00 bits per heavy atom. The molecule has 4 nitrogen and oxygen atoms in total. The molecule has 0 aliphatic heterocycles. The quantitative estimate of drug-likeness (QED) is 0.419. The van der Waals surface area contributed by atoms with Crippen molar-refractivity contribution < 1.29 is 4.79 Å². The molecule has 1 saturated carbocycles. The van der Waals surface area contributed by atoms with Gasteiger partial charge >= 0.3 is 0 Å². The van der Waals surface area contributed by atoms with Gasteiger partial charge in [0.15, 0.2) is 10.9 Å². The number of ketones is 1. The maximum atomic E-state index is 12.3. The van der Waals surface area contributed by atoms with Crippen LogP contribution in [0.4, 0.5) is 0 Å². The standard InChI is InChI=1S/C17H14BrN3OS2/c18-15-9-8-14(24-15)13(22)10-23-17-20-19-16(11-6-7-11)21(17)12-4-2-1-3-5-12/h1-5,8-9,11H,6-7,10H2. The molecule has 24 heavy (non-hydrogen) atoms. The van der Waals surface area contributed by atoms with Crippen molar-refractivity contribution in [2.75, 3.05) is 5.75 Å². The zero-order valence-electron chi connectivity index (χ0n) is 12.7. The van der Waals surface area contributed by atoms with Crippen LogP contribution in [0.25, 0.3) is 5.69 Å². The summed E-state index contributed by atoms with van der Waals surface area (Å²) in [7, 11) is 0. The SMILES string of the molecule is O=C(CSc1nnc(C2CC2)n1-c1ccccc1)c1ccc(Br)s1. The van der Waals surface area contributed by atoms with Gasteiger partial charge in [-0.15, -0.1) is 21.5 Å². The Bertz CT molecular complexity index is 871. The molecule has 3 aromatic rings. The second kappa shape index (κ2) is 6.82. The van der Waals surface area contributed by atoms with E-state index in [0.717, 1.165) is 38.2 Å². The summed E-state index contributed by atoms with van der Waals surface area (Å²) in [4.78, 5) is 13.1.